The molecule has 44 heteroatoms. The molecule has 16 amide bonds. The van der Waals surface area contributed by atoms with Gasteiger partial charge in [-0.3, -0.25) is 86.9 Å². The van der Waals surface area contributed by atoms with Gasteiger partial charge in [0.2, 0.25) is 94.5 Å². The number of H-pyrrole nitrogens is 3. The molecule has 0 unspecified atom stereocenters. The number of imidazole rings is 1. The number of hydrogen-bond acceptors (Lipinski definition) is 22. The molecular weight excluding hydrogens is 1780 g/mol. The molecule has 3 saturated heterocycles. The lowest BCUT2D eigenvalue weighted by Gasteiger charge is -2.36. The zero-order chi connectivity index (χ0) is 99.1. The summed E-state index contributed by atoms with van der Waals surface area (Å²) in [6.45, 7) is 6.65. The number of carboxylic acid groups (broad SMARTS) is 1. The number of thioether (sulfide) groups is 1. The van der Waals surface area contributed by atoms with E-state index < -0.39 is 229 Å². The lowest BCUT2D eigenvalue weighted by Crippen LogP contribution is -2.62. The summed E-state index contributed by atoms with van der Waals surface area (Å²) in [5.41, 5.74) is 14.2. The van der Waals surface area contributed by atoms with Crippen LogP contribution in [0.2, 0.25) is 0 Å². The molecule has 136 heavy (non-hydrogen) atoms. The summed E-state index contributed by atoms with van der Waals surface area (Å²) in [7, 11) is 3.94. The maximum absolute atomic E-state index is 15.8. The van der Waals surface area contributed by atoms with Gasteiger partial charge in [-0.25, -0.2) is 4.98 Å². The van der Waals surface area contributed by atoms with Gasteiger partial charge in [0.15, 0.2) is 5.96 Å². The largest absolute Gasteiger partial charge is 0.508 e. The molecule has 6 heterocycles. The van der Waals surface area contributed by atoms with Crippen molar-refractivity contribution in [3.05, 3.63) is 120 Å². The van der Waals surface area contributed by atoms with E-state index in [4.69, 9.17) is 16.9 Å². The number of nitrogens with zero attached hydrogens (tertiary/aromatic N) is 6. The zero-order valence-electron chi connectivity index (χ0n) is 77.8. The van der Waals surface area contributed by atoms with Crippen LogP contribution in [-0.2, 0) is 107 Å². The second kappa shape index (κ2) is 51.1. The third-order valence-corrected chi connectivity index (χ3v) is 25.6. The van der Waals surface area contributed by atoms with Gasteiger partial charge in [-0.15, -0.1) is 11.8 Å². The number of carbonyl (C=O) groups is 17. The van der Waals surface area contributed by atoms with Crippen molar-refractivity contribution in [3.8, 4) is 5.75 Å². The Bertz CT molecular complexity index is 5220. The van der Waals surface area contributed by atoms with Gasteiger partial charge in [0, 0.05) is 125 Å². The average molecular weight is 1910 g/mol. The summed E-state index contributed by atoms with van der Waals surface area (Å²) in [6, 6.07) is -1.31. The quantitative estimate of drug-likeness (QED) is 0.0169. The van der Waals surface area contributed by atoms with Gasteiger partial charge in [-0.05, 0) is 118 Å². The Balaban J connectivity index is 1.10. The number of carbonyl (C=O) groups excluding carboxylic acids is 16. The van der Waals surface area contributed by atoms with Crippen LogP contribution in [0.1, 0.15) is 153 Å². The molecule has 0 bridgehead atoms. The van der Waals surface area contributed by atoms with Crippen LogP contribution in [0.5, 0.6) is 5.75 Å². The van der Waals surface area contributed by atoms with Crippen molar-refractivity contribution in [2.75, 3.05) is 65.4 Å². The molecule has 3 aliphatic rings. The number of primary amides is 1. The minimum absolute atomic E-state index is 0.0000928. The van der Waals surface area contributed by atoms with Crippen molar-refractivity contribution in [3.63, 3.8) is 0 Å². The van der Waals surface area contributed by atoms with Gasteiger partial charge in [-0.2, -0.15) is 0 Å². The Labute approximate surface area is 791 Å². The Morgan fingerprint density at radius 3 is 1.60 bits per heavy atom. The Morgan fingerprint density at radius 1 is 0.537 bits per heavy atom. The van der Waals surface area contributed by atoms with E-state index in [0.717, 1.165) is 31.4 Å². The summed E-state index contributed by atoms with van der Waals surface area (Å²) < 4.78 is 0. The topological polar surface area (TPSA) is 636 Å². The summed E-state index contributed by atoms with van der Waals surface area (Å²) in [6.07, 6.45) is 5.76. The second-order valence-corrected chi connectivity index (χ2v) is 36.1. The SMILES string of the molecule is CCCC[C@H]1C(=O)N(C)[C@@H](CCCC)C(=O)N[C@@H](CCCNC(=N)N)C(=O)N[C@H](C(=O)NCC(N)=O)CSCC(=O)N[C@@H](Cc2ccc(O)cc2)C(=O)N(C)[C@@H](C)C(=O)N[C@@H](CCC(=O)O)C(=O)N2CCC[C@H]2C(=O)N[C@@H](Cc2cnc[nH]2)C(=O)N[C@@H](CC(C)C)C(=O)N2CCC[C@H]2C(=O)N[C@@H](Cc2c[nH]c3ccccc23)C(=O)N[C@@H](CO)C(=O)N[C@@H](Cc2c[nH]c3ccccc23)C(=O)N1C. The number of aliphatic hydroxyl groups excluding tert-OH is 1. The molecule has 3 aromatic carbocycles. The van der Waals surface area contributed by atoms with Gasteiger partial charge >= 0.3 is 5.97 Å². The number of guanidine groups is 1. The number of benzene rings is 3. The van der Waals surface area contributed by atoms with Crippen LogP contribution >= 0.6 is 11.8 Å². The molecule has 738 valence electrons. The van der Waals surface area contributed by atoms with Crippen molar-refractivity contribution < 1.29 is 96.8 Å². The average Bonchev–Trinajstić information content (AvgIpc) is 1.71. The number of unbranched alkanes of at least 4 members (excludes halogenated alkanes) is 2. The number of phenolic OH excluding ortho intramolecular Hbond substituents is 1. The van der Waals surface area contributed by atoms with Gasteiger partial charge in [0.25, 0.3) is 0 Å². The first kappa shape index (κ1) is 106. The summed E-state index contributed by atoms with van der Waals surface area (Å²) in [4.78, 5) is 269. The molecule has 14 atom stereocenters. The van der Waals surface area contributed by atoms with E-state index in [1.807, 2.05) is 13.8 Å². The normalized spacial score (nSPS) is 24.1. The van der Waals surface area contributed by atoms with Gasteiger partial charge in [-0.1, -0.05) is 102 Å². The first-order valence-electron chi connectivity index (χ1n) is 45.9. The summed E-state index contributed by atoms with van der Waals surface area (Å²) in [5, 5.41) is 70.1. The predicted octanol–water partition coefficient (Wildman–Crippen LogP) is -0.910. The van der Waals surface area contributed by atoms with Crippen LogP contribution in [0, 0.1) is 11.3 Å². The van der Waals surface area contributed by atoms with E-state index >= 15 is 43.2 Å². The first-order chi connectivity index (χ1) is 64.9. The fourth-order valence-corrected chi connectivity index (χ4v) is 17.8. The molecule has 3 aromatic heterocycles. The highest BCUT2D eigenvalue weighted by Gasteiger charge is 2.46. The number of para-hydroxylation sites is 2. The fourth-order valence-electron chi connectivity index (χ4n) is 16.9. The lowest BCUT2D eigenvalue weighted by molar-refractivity contribution is -0.149. The van der Waals surface area contributed by atoms with E-state index in [2.05, 4.69) is 78.4 Å². The highest BCUT2D eigenvalue weighted by Crippen LogP contribution is 2.28. The minimum atomic E-state index is -1.85. The standard InChI is InChI=1S/C92H129N23O20S/c1-9-11-25-71-84(128)103-62(24-17-35-97-92(94)95)80(124)110-70(79(123)100-46-75(93)118)48-136-49-76(119)102-67(39-53-29-31-57(117)32-30-53)87(131)111(6)52(5)78(122)104-63(33-34-77(120)121)89(133)114-36-18-27-72(114)86(130)106-65(42-56-45-96-50-101-56)82(126)107-66(38-51(3)4)90(134)115-37-19-28-73(115)85(129)105-64(40-54-43-98-60-22-15-13-20-58(54)60)81(125)109-69(47-116)83(127)108-68(41-55-44-99-61-23-16-14-21-59(55)61)88(132)113(8)74(26-12-10-2)91(135)112(71)7/h13-16,20-23,29-32,43-45,50-52,62-74,98-99,116-117H,9-12,17-19,24-28,33-42,46-49H2,1-8H3,(H2,93,118)(H,96,101)(H,100,123)(H,102,119)(H,103,128)(H,104,122)(H,105,129)(H,106,130)(H,107,126)(H,108,127)(H,109,125)(H,110,124)(H,120,121)(H4,94,95,97)/t52-,62-,63-,64-,65-,66-,67-,68-,69-,70-,71-,72-,73-,74-/m0/s1. The number of nitrogens with one attached hydrogen (secondary N) is 15. The van der Waals surface area contributed by atoms with E-state index in [9.17, 15) is 53.7 Å². The van der Waals surface area contributed by atoms with Gasteiger partial charge in [0.05, 0.1) is 25.2 Å². The van der Waals surface area contributed by atoms with Crippen LogP contribution in [0.25, 0.3) is 21.8 Å². The molecule has 3 aliphatic heterocycles. The van der Waals surface area contributed by atoms with Crippen molar-refractivity contribution >= 4 is 140 Å². The van der Waals surface area contributed by atoms with Crippen LogP contribution in [0.3, 0.4) is 0 Å². The number of fused-ring (bicyclic) bond motifs is 4. The van der Waals surface area contributed by atoms with Crippen molar-refractivity contribution in [1.29, 1.82) is 5.41 Å². The van der Waals surface area contributed by atoms with E-state index in [0.29, 0.717) is 69.9 Å². The number of rotatable bonds is 27. The number of aliphatic hydroxyl groups is 1. The number of amides is 16. The maximum atomic E-state index is 15.8. The number of aromatic hydroxyl groups is 1. The highest BCUT2D eigenvalue weighted by molar-refractivity contribution is 8.00. The summed E-state index contributed by atoms with van der Waals surface area (Å²) >= 11 is 0.764. The Hall–Kier alpha value is -13.7. The third-order valence-electron chi connectivity index (χ3n) is 24.5. The Kier molecular flexibility index (Phi) is 39.9. The number of aliphatic carboxylic acids is 1. The number of hydrogen-bond donors (Lipinski definition) is 20. The van der Waals surface area contributed by atoms with Crippen LogP contribution in [0.15, 0.2) is 97.7 Å². The monoisotopic (exact) mass is 1910 g/mol. The van der Waals surface area contributed by atoms with Gasteiger partial charge < -0.3 is 125 Å². The van der Waals surface area contributed by atoms with Gasteiger partial charge in [0.1, 0.15) is 90.3 Å². The fraction of sp³-hybridized carbons (Fsp3) is 0.533. The third kappa shape index (κ3) is 29.7. The van der Waals surface area contributed by atoms with Crippen molar-refractivity contribution in [2.45, 2.75) is 241 Å². The molecule has 0 spiro atoms. The lowest BCUT2D eigenvalue weighted by atomic mass is 10.00. The van der Waals surface area contributed by atoms with Crippen LogP contribution < -0.4 is 70.0 Å². The number of aromatic nitrogens is 4. The predicted molar refractivity (Wildman–Crippen MR) is 501 cm³/mol. The molecule has 22 N–H and O–H groups in total. The molecule has 43 nitrogen and oxygen atoms in total. The maximum Gasteiger partial charge on any atom is 0.303 e. The van der Waals surface area contributed by atoms with E-state index in [1.54, 1.807) is 74.8 Å². The smallest absolute Gasteiger partial charge is 0.303 e. The van der Waals surface area contributed by atoms with Crippen molar-refractivity contribution in [2.24, 2.45) is 17.4 Å². The number of aromatic amines is 3. The van der Waals surface area contributed by atoms with E-state index in [1.165, 1.54) is 69.8 Å². The molecule has 0 aliphatic carbocycles. The second-order valence-electron chi connectivity index (χ2n) is 35.0. The zero-order valence-corrected chi connectivity index (χ0v) is 78.6. The number of carboxylic acids is 1. The minimum Gasteiger partial charge on any atom is -0.508 e. The summed E-state index contributed by atoms with van der Waals surface area (Å²) in [5.74, 6) is -17.6. The van der Waals surface area contributed by atoms with Crippen molar-refractivity contribution in [1.82, 2.24) is 103 Å². The first-order valence-corrected chi connectivity index (χ1v) is 47.1. The van der Waals surface area contributed by atoms with E-state index in [-0.39, 0.29) is 115 Å². The number of phenols is 1. The molecule has 6 aromatic rings. The molecule has 9 rings (SSSR count). The molecular formula is C92H129N23O20S. The van der Waals surface area contributed by atoms with Crippen LogP contribution in [-0.4, -0.2) is 316 Å². The highest BCUT2D eigenvalue weighted by atomic mass is 32.2. The molecule has 0 radical (unpaired) electrons. The number of likely N-dealkylation sites (N-methyl/N-ethyl adjacent to an activating group) is 3. The number of nitrogens with two attached hydrogens (primary N) is 2. The Morgan fingerprint density at radius 2 is 1.04 bits per heavy atom. The molecule has 3 fully saturated rings. The molecule has 0 saturated carbocycles. The van der Waals surface area contributed by atoms with Crippen LogP contribution in [0.4, 0.5) is 0 Å².